The Labute approximate surface area is 126 Å². The number of methoxy groups -OCH3 is 1. The predicted molar refractivity (Wildman–Crippen MR) is 85.7 cm³/mol. The van der Waals surface area contributed by atoms with Crippen LogP contribution < -0.4 is 4.74 Å². The lowest BCUT2D eigenvalue weighted by atomic mass is 9.94. The molecule has 1 saturated heterocycles. The normalized spacial score (nSPS) is 19.4. The summed E-state index contributed by atoms with van der Waals surface area (Å²) in [6.45, 7) is 2.31. The van der Waals surface area contributed by atoms with Crippen molar-refractivity contribution in [2.45, 2.75) is 18.8 Å². The molecule has 21 heavy (non-hydrogen) atoms. The van der Waals surface area contributed by atoms with E-state index in [1.807, 2.05) is 18.2 Å². The van der Waals surface area contributed by atoms with Crippen molar-refractivity contribution in [3.63, 3.8) is 0 Å². The first-order valence-electron chi connectivity index (χ1n) is 7.56. The van der Waals surface area contributed by atoms with Gasteiger partial charge in [-0.15, -0.1) is 0 Å². The molecule has 0 N–H and O–H groups in total. The number of piperidine rings is 1. The van der Waals surface area contributed by atoms with E-state index < -0.39 is 0 Å². The number of pyridine rings is 1. The number of aromatic nitrogens is 1. The highest BCUT2D eigenvalue weighted by Gasteiger charge is 2.20. The van der Waals surface area contributed by atoms with Crippen LogP contribution in [-0.4, -0.2) is 37.1 Å². The summed E-state index contributed by atoms with van der Waals surface area (Å²) in [5.74, 6) is 1.42. The van der Waals surface area contributed by atoms with Crippen LogP contribution in [0.5, 0.6) is 5.75 Å². The smallest absolute Gasteiger partial charge is 0.119 e. The van der Waals surface area contributed by atoms with Crippen LogP contribution in [-0.2, 0) is 0 Å². The van der Waals surface area contributed by atoms with Gasteiger partial charge in [-0.3, -0.25) is 4.98 Å². The molecule has 1 aromatic carbocycles. The number of hydrogen-bond donors (Lipinski definition) is 0. The Morgan fingerprint density at radius 3 is 2.86 bits per heavy atom. The first kappa shape index (κ1) is 14.1. The Hall–Kier alpha value is -1.87. The molecule has 1 fully saturated rings. The van der Waals surface area contributed by atoms with Gasteiger partial charge in [-0.2, -0.15) is 0 Å². The molecule has 0 radical (unpaired) electrons. The molecular weight excluding hydrogens is 260 g/mol. The zero-order valence-electron chi connectivity index (χ0n) is 12.7. The lowest BCUT2D eigenvalue weighted by Gasteiger charge is -2.29. The van der Waals surface area contributed by atoms with E-state index >= 15 is 0 Å². The summed E-state index contributed by atoms with van der Waals surface area (Å²) < 4.78 is 5.30. The molecular formula is C18H22N2O. The van der Waals surface area contributed by atoms with Gasteiger partial charge in [0.05, 0.1) is 12.8 Å². The Morgan fingerprint density at radius 2 is 2.05 bits per heavy atom. The SMILES string of the molecule is COc1cccc(-c2cccc([C@H]3CCCN(C)C3)n2)c1. The molecule has 110 valence electrons. The highest BCUT2D eigenvalue weighted by molar-refractivity contribution is 5.61. The van der Waals surface area contributed by atoms with Gasteiger partial charge in [0.25, 0.3) is 0 Å². The largest absolute Gasteiger partial charge is 0.497 e. The van der Waals surface area contributed by atoms with Crippen LogP contribution in [0, 0.1) is 0 Å². The fourth-order valence-electron chi connectivity index (χ4n) is 3.03. The number of likely N-dealkylation sites (tertiary alicyclic amines) is 1. The van der Waals surface area contributed by atoms with Crippen molar-refractivity contribution in [2.24, 2.45) is 0 Å². The van der Waals surface area contributed by atoms with E-state index in [-0.39, 0.29) is 0 Å². The summed E-state index contributed by atoms with van der Waals surface area (Å²) in [6.07, 6.45) is 2.49. The highest BCUT2D eigenvalue weighted by Crippen LogP contribution is 2.28. The van der Waals surface area contributed by atoms with Crippen molar-refractivity contribution in [1.82, 2.24) is 9.88 Å². The lowest BCUT2D eigenvalue weighted by molar-refractivity contribution is 0.248. The second kappa shape index (κ2) is 6.27. The summed E-state index contributed by atoms with van der Waals surface area (Å²) in [6, 6.07) is 14.4. The molecule has 3 heteroatoms. The Bertz CT molecular complexity index is 612. The van der Waals surface area contributed by atoms with E-state index in [2.05, 4.69) is 36.2 Å². The van der Waals surface area contributed by atoms with Crippen molar-refractivity contribution in [2.75, 3.05) is 27.2 Å². The third kappa shape index (κ3) is 3.24. The predicted octanol–water partition coefficient (Wildman–Crippen LogP) is 3.57. The first-order valence-corrected chi connectivity index (χ1v) is 7.56. The van der Waals surface area contributed by atoms with Crippen LogP contribution in [0.3, 0.4) is 0 Å². The number of ether oxygens (including phenoxy) is 1. The van der Waals surface area contributed by atoms with Gasteiger partial charge in [-0.1, -0.05) is 18.2 Å². The number of likely N-dealkylation sites (N-methyl/N-ethyl adjacent to an activating group) is 1. The van der Waals surface area contributed by atoms with Crippen molar-refractivity contribution in [3.05, 3.63) is 48.2 Å². The van der Waals surface area contributed by atoms with Crippen molar-refractivity contribution < 1.29 is 4.74 Å². The van der Waals surface area contributed by atoms with Gasteiger partial charge in [0.1, 0.15) is 5.75 Å². The molecule has 2 aromatic rings. The van der Waals surface area contributed by atoms with Crippen LogP contribution in [0.15, 0.2) is 42.5 Å². The quantitative estimate of drug-likeness (QED) is 0.860. The van der Waals surface area contributed by atoms with Gasteiger partial charge < -0.3 is 9.64 Å². The lowest BCUT2D eigenvalue weighted by Crippen LogP contribution is -2.31. The van der Waals surface area contributed by atoms with Crippen LogP contribution in [0.1, 0.15) is 24.5 Å². The molecule has 2 heterocycles. The van der Waals surface area contributed by atoms with Gasteiger partial charge in [0, 0.05) is 23.7 Å². The fraction of sp³-hybridized carbons (Fsp3) is 0.389. The Morgan fingerprint density at radius 1 is 1.19 bits per heavy atom. The van der Waals surface area contributed by atoms with Crippen molar-refractivity contribution in [3.8, 4) is 17.0 Å². The van der Waals surface area contributed by atoms with Gasteiger partial charge in [-0.25, -0.2) is 0 Å². The van der Waals surface area contributed by atoms with E-state index in [0.29, 0.717) is 5.92 Å². The maximum atomic E-state index is 5.30. The van der Waals surface area contributed by atoms with E-state index in [9.17, 15) is 0 Å². The standard InChI is InChI=1S/C18H22N2O/c1-20-11-5-7-15(13-20)18-10-4-9-17(19-18)14-6-3-8-16(12-14)21-2/h3-4,6,8-10,12,15H,5,7,11,13H2,1-2H3/t15-/m0/s1. The number of rotatable bonds is 3. The van der Waals surface area contributed by atoms with E-state index in [1.165, 1.54) is 25.1 Å². The first-order chi connectivity index (χ1) is 10.3. The molecule has 0 bridgehead atoms. The van der Waals surface area contributed by atoms with Gasteiger partial charge in [0.15, 0.2) is 0 Å². The monoisotopic (exact) mass is 282 g/mol. The molecule has 0 aliphatic carbocycles. The van der Waals surface area contributed by atoms with Crippen LogP contribution in [0.25, 0.3) is 11.3 Å². The Kier molecular flexibility index (Phi) is 4.20. The molecule has 1 aliphatic heterocycles. The second-order valence-corrected chi connectivity index (χ2v) is 5.78. The zero-order valence-corrected chi connectivity index (χ0v) is 12.7. The van der Waals surface area contributed by atoms with Crippen LogP contribution in [0.2, 0.25) is 0 Å². The average Bonchev–Trinajstić information content (AvgIpc) is 2.55. The molecule has 3 nitrogen and oxygen atoms in total. The average molecular weight is 282 g/mol. The summed E-state index contributed by atoms with van der Waals surface area (Å²) in [7, 11) is 3.89. The van der Waals surface area contributed by atoms with E-state index in [4.69, 9.17) is 9.72 Å². The van der Waals surface area contributed by atoms with E-state index in [0.717, 1.165) is 23.6 Å². The third-order valence-electron chi connectivity index (χ3n) is 4.18. The van der Waals surface area contributed by atoms with Gasteiger partial charge in [-0.05, 0) is 50.7 Å². The maximum Gasteiger partial charge on any atom is 0.119 e. The zero-order chi connectivity index (χ0) is 14.7. The number of benzene rings is 1. The van der Waals surface area contributed by atoms with Gasteiger partial charge in [0.2, 0.25) is 0 Å². The molecule has 1 aliphatic rings. The minimum atomic E-state index is 0.550. The van der Waals surface area contributed by atoms with Gasteiger partial charge >= 0.3 is 0 Å². The molecule has 0 saturated carbocycles. The molecule has 1 aromatic heterocycles. The molecule has 0 unspecified atom stereocenters. The van der Waals surface area contributed by atoms with Crippen molar-refractivity contribution >= 4 is 0 Å². The summed E-state index contributed by atoms with van der Waals surface area (Å²) >= 11 is 0. The second-order valence-electron chi connectivity index (χ2n) is 5.78. The maximum absolute atomic E-state index is 5.30. The summed E-state index contributed by atoms with van der Waals surface area (Å²) in [5.41, 5.74) is 3.35. The van der Waals surface area contributed by atoms with E-state index in [1.54, 1.807) is 7.11 Å². The molecule has 1 atom stereocenters. The van der Waals surface area contributed by atoms with Crippen LogP contribution in [0.4, 0.5) is 0 Å². The minimum Gasteiger partial charge on any atom is -0.497 e. The number of hydrogen-bond acceptors (Lipinski definition) is 3. The summed E-state index contributed by atoms with van der Waals surface area (Å²) in [5, 5.41) is 0. The molecule has 0 amide bonds. The fourth-order valence-corrected chi connectivity index (χ4v) is 3.03. The number of nitrogens with zero attached hydrogens (tertiary/aromatic N) is 2. The third-order valence-corrected chi connectivity index (χ3v) is 4.18. The topological polar surface area (TPSA) is 25.4 Å². The highest BCUT2D eigenvalue weighted by atomic mass is 16.5. The van der Waals surface area contributed by atoms with Crippen LogP contribution >= 0.6 is 0 Å². The molecule has 0 spiro atoms. The molecule has 3 rings (SSSR count). The Balaban J connectivity index is 1.88. The van der Waals surface area contributed by atoms with Crippen molar-refractivity contribution in [1.29, 1.82) is 0 Å². The summed E-state index contributed by atoms with van der Waals surface area (Å²) in [4.78, 5) is 7.29. The minimum absolute atomic E-state index is 0.550.